The zero-order valence-electron chi connectivity index (χ0n) is 33.0. The van der Waals surface area contributed by atoms with Gasteiger partial charge in [0.05, 0.1) is 19.3 Å². The van der Waals surface area contributed by atoms with Crippen molar-refractivity contribution in [2.75, 3.05) is 39.2 Å². The number of Topliss-reactive ketones (excluding diaryl/α,β-unsaturated/α-hetero) is 2. The van der Waals surface area contributed by atoms with Gasteiger partial charge in [0.2, 0.25) is 5.78 Å². The molecule has 0 amide bonds. The van der Waals surface area contributed by atoms with Crippen molar-refractivity contribution in [2.45, 2.75) is 89.5 Å². The molecule has 1 aromatic carbocycles. The summed E-state index contributed by atoms with van der Waals surface area (Å²) >= 11 is 0. The quantitative estimate of drug-likeness (QED) is 0.0291. The molecule has 12 nitrogen and oxygen atoms in total. The molecule has 0 spiro atoms. The minimum Gasteiger partial charge on any atom is -0.463 e. The largest absolute Gasteiger partial charge is 0.463 e. The number of nitrogens with two attached hydrogens (primary N) is 1. The summed E-state index contributed by atoms with van der Waals surface area (Å²) in [5, 5.41) is 13.1. The predicted molar refractivity (Wildman–Crippen MR) is 215 cm³/mol. The smallest absolute Gasteiger partial charge is 0.350 e. The van der Waals surface area contributed by atoms with Gasteiger partial charge in [-0.3, -0.25) is 14.6 Å². The van der Waals surface area contributed by atoms with Crippen molar-refractivity contribution in [2.24, 2.45) is 28.5 Å². The summed E-state index contributed by atoms with van der Waals surface area (Å²) in [6, 6.07) is 8.93. The van der Waals surface area contributed by atoms with E-state index in [0.717, 1.165) is 42.5 Å². The topological polar surface area (TPSA) is 172 Å². The Balaban J connectivity index is 1.30. The number of hydrogen-bond donors (Lipinski definition) is 5. The van der Waals surface area contributed by atoms with Crippen molar-refractivity contribution in [1.82, 2.24) is 20.9 Å². The Kier molecular flexibility index (Phi) is 12.4. The number of carbonyl (C=O) groups excluding carboxylic acids is 3. The summed E-state index contributed by atoms with van der Waals surface area (Å²) in [6.07, 6.45) is 14.3. The molecule has 1 aliphatic heterocycles. The van der Waals surface area contributed by atoms with Gasteiger partial charge in [0, 0.05) is 42.8 Å². The average Bonchev–Trinajstić information content (AvgIpc) is 3.89. The van der Waals surface area contributed by atoms with Crippen LogP contribution in [0.5, 0.6) is 0 Å². The molecule has 2 aromatic rings. The van der Waals surface area contributed by atoms with E-state index in [1.54, 1.807) is 25.4 Å². The molecule has 0 radical (unpaired) electrons. The molecule has 0 saturated carbocycles. The Bertz CT molecular complexity index is 1900. The number of pyridine rings is 1. The highest BCUT2D eigenvalue weighted by Gasteiger charge is 2.85. The van der Waals surface area contributed by atoms with Crippen LogP contribution in [0.2, 0.25) is 0 Å². The number of nitrogens with zero attached hydrogens (tertiary/aromatic N) is 2. The van der Waals surface area contributed by atoms with Crippen molar-refractivity contribution < 1.29 is 23.9 Å². The average molecular weight is 752 g/mol. The number of hydrogen-bond acceptors (Lipinski definition) is 10. The third kappa shape index (κ3) is 8.03. The number of aromatic nitrogens is 1. The zero-order valence-corrected chi connectivity index (χ0v) is 33.0. The monoisotopic (exact) mass is 751 g/mol. The number of benzene rings is 1. The molecule has 6 rings (SSSR count). The molecular weight excluding hydrogens is 695 g/mol. The first-order chi connectivity index (χ1) is 26.5. The number of likely N-dealkylation sites (N-methyl/N-ethyl adjacent to an activating group) is 1. The van der Waals surface area contributed by atoms with Gasteiger partial charge in [0.25, 0.3) is 5.60 Å². The second kappa shape index (κ2) is 17.0. The van der Waals surface area contributed by atoms with Crippen LogP contribution >= 0.6 is 0 Å². The third-order valence-corrected chi connectivity index (χ3v) is 11.3. The van der Waals surface area contributed by atoms with Gasteiger partial charge < -0.3 is 36.5 Å². The van der Waals surface area contributed by atoms with Gasteiger partial charge in [-0.15, -0.1) is 0 Å². The van der Waals surface area contributed by atoms with Gasteiger partial charge in [-0.1, -0.05) is 68.8 Å². The van der Waals surface area contributed by atoms with Crippen LogP contribution in [0.3, 0.4) is 0 Å². The van der Waals surface area contributed by atoms with Crippen molar-refractivity contribution in [3.63, 3.8) is 0 Å². The number of guanidine groups is 1. The lowest BCUT2D eigenvalue weighted by molar-refractivity contribution is -0.150. The number of fused-ring (bicyclic) bond motifs is 3. The highest BCUT2D eigenvalue weighted by atomic mass is 16.7. The summed E-state index contributed by atoms with van der Waals surface area (Å²) in [4.78, 5) is 52.4. The van der Waals surface area contributed by atoms with Crippen molar-refractivity contribution >= 4 is 29.3 Å². The van der Waals surface area contributed by atoms with Gasteiger partial charge >= 0.3 is 5.97 Å². The van der Waals surface area contributed by atoms with E-state index in [2.05, 4.69) is 70.2 Å². The highest BCUT2D eigenvalue weighted by molar-refractivity contribution is 6.33. The van der Waals surface area contributed by atoms with Gasteiger partial charge in [-0.25, -0.2) is 9.78 Å². The number of nitrogens with one attached hydrogen (secondary N) is 4. The summed E-state index contributed by atoms with van der Waals surface area (Å²) in [5.74, 6) is -0.0564. The second-order valence-electron chi connectivity index (χ2n) is 15.7. The van der Waals surface area contributed by atoms with Crippen molar-refractivity contribution in [3.05, 3.63) is 94.2 Å². The maximum Gasteiger partial charge on any atom is 0.350 e. The molecule has 12 heteroatoms. The molecule has 1 aromatic heterocycles. The lowest BCUT2D eigenvalue weighted by Crippen LogP contribution is -2.51. The van der Waals surface area contributed by atoms with E-state index in [1.165, 1.54) is 5.57 Å². The first kappa shape index (κ1) is 40.0. The van der Waals surface area contributed by atoms with E-state index in [4.69, 9.17) is 15.2 Å². The summed E-state index contributed by atoms with van der Waals surface area (Å²) in [6.45, 7) is 9.55. The Morgan fingerprint density at radius 3 is 2.78 bits per heavy atom. The molecule has 1 fully saturated rings. The summed E-state index contributed by atoms with van der Waals surface area (Å²) < 4.78 is 12.5. The Morgan fingerprint density at radius 2 is 2.04 bits per heavy atom. The van der Waals surface area contributed by atoms with Gasteiger partial charge in [0.1, 0.15) is 5.82 Å². The van der Waals surface area contributed by atoms with Crippen LogP contribution in [-0.2, 0) is 20.7 Å². The third-order valence-electron chi connectivity index (χ3n) is 11.3. The van der Waals surface area contributed by atoms with Crippen LogP contribution < -0.4 is 27.0 Å². The van der Waals surface area contributed by atoms with Crippen molar-refractivity contribution in [1.29, 1.82) is 0 Å². The van der Waals surface area contributed by atoms with Gasteiger partial charge in [-0.2, -0.15) is 0 Å². The number of anilines is 1. The lowest BCUT2D eigenvalue weighted by atomic mass is 9.70. The summed E-state index contributed by atoms with van der Waals surface area (Å²) in [5.41, 5.74) is 6.82. The van der Waals surface area contributed by atoms with Crippen LogP contribution in [0, 0.1) is 17.8 Å². The SMILES string of the molecule is CCN[C@@H]1C=C2C=CCC[C@H]2C[C@H]1COC(=O)[C@]12O[C@@]1(C/C=C(\C)C[C@@H](NC(N)=NC)c1ccnc(NCNC)c1)C(=O)c1cccc(CC(C)C)c1C2=O. The Hall–Kier alpha value is -4.65. The number of aliphatic imine (C=N–C) groups is 1. The fourth-order valence-electron chi connectivity index (χ4n) is 8.51. The Labute approximate surface area is 324 Å². The van der Waals surface area contributed by atoms with Gasteiger partial charge in [-0.05, 0) is 93.3 Å². The van der Waals surface area contributed by atoms with Crippen LogP contribution in [-0.4, -0.2) is 79.6 Å². The molecule has 3 aliphatic carbocycles. The number of carbonyl (C=O) groups is 3. The number of epoxide rings is 1. The number of esters is 1. The normalized spacial score (nSPS) is 26.5. The number of allylic oxidation sites excluding steroid dienone is 3. The molecule has 4 aliphatic rings. The standard InChI is InChI=1S/C43H57N7O5/c1-7-47-34-22-29-12-9-8-11-28(29)21-32(34)24-54-40(53)43-39(52)37-31(19-26(2)3)13-10-14-33(37)38(51)42(43,55-43)17-15-27(4)20-35(50-41(44)46-6)30-16-18-48-36(23-30)49-25-45-5/h9-10,12-16,18,22-23,26,28,32,34-35,45,47H,7-8,11,17,19-21,24-25H2,1-6H3,(H,48,49)(H3,44,46,50)/b27-15+/t28-,32-,34+,35+,42-,43-/m0/s1. The molecule has 2 heterocycles. The molecule has 0 bridgehead atoms. The number of ether oxygens (including phenoxy) is 2. The minimum absolute atomic E-state index is 0.0136. The van der Waals surface area contributed by atoms with E-state index in [1.807, 2.05) is 38.2 Å². The second-order valence-corrected chi connectivity index (χ2v) is 15.7. The molecule has 1 saturated heterocycles. The predicted octanol–water partition coefficient (Wildman–Crippen LogP) is 5.19. The van der Waals surface area contributed by atoms with Crippen molar-refractivity contribution in [3.8, 4) is 0 Å². The minimum atomic E-state index is -2.06. The number of rotatable bonds is 16. The van der Waals surface area contributed by atoms with Crippen LogP contribution in [0.25, 0.3) is 0 Å². The fourth-order valence-corrected chi connectivity index (χ4v) is 8.51. The van der Waals surface area contributed by atoms with E-state index in [-0.39, 0.29) is 54.3 Å². The number of ketones is 2. The van der Waals surface area contributed by atoms with Crippen LogP contribution in [0.1, 0.15) is 97.7 Å². The maximum absolute atomic E-state index is 14.8. The molecule has 0 unspecified atom stereocenters. The molecule has 6 N–H and O–H groups in total. The zero-order chi connectivity index (χ0) is 39.3. The van der Waals surface area contributed by atoms with E-state index < -0.39 is 23.0 Å². The van der Waals surface area contributed by atoms with E-state index >= 15 is 0 Å². The first-order valence-corrected chi connectivity index (χ1v) is 19.7. The molecule has 294 valence electrons. The van der Waals surface area contributed by atoms with Crippen LogP contribution in [0.4, 0.5) is 5.82 Å². The maximum atomic E-state index is 14.8. The molecular formula is C43H57N7O5. The van der Waals surface area contributed by atoms with E-state index in [0.29, 0.717) is 36.8 Å². The Morgan fingerprint density at radius 1 is 1.22 bits per heavy atom. The van der Waals surface area contributed by atoms with E-state index in [9.17, 15) is 14.4 Å². The first-order valence-electron chi connectivity index (χ1n) is 19.7. The molecule has 6 atom stereocenters. The fraction of sp³-hybridized carbons (Fsp3) is 0.512. The summed E-state index contributed by atoms with van der Waals surface area (Å²) in [7, 11) is 3.46. The van der Waals surface area contributed by atoms with Gasteiger partial charge in [0.15, 0.2) is 17.3 Å². The van der Waals surface area contributed by atoms with Crippen LogP contribution in [0.15, 0.2) is 77.0 Å². The highest BCUT2D eigenvalue weighted by Crippen LogP contribution is 2.59. The lowest BCUT2D eigenvalue weighted by Gasteiger charge is -2.36. The molecule has 55 heavy (non-hydrogen) atoms.